The molecule has 0 aromatic heterocycles. The second-order valence-electron chi connectivity index (χ2n) is 7.20. The van der Waals surface area contributed by atoms with E-state index < -0.39 is 0 Å². The van der Waals surface area contributed by atoms with Crippen molar-refractivity contribution in [1.29, 1.82) is 0 Å². The van der Waals surface area contributed by atoms with Gasteiger partial charge in [0.05, 0.1) is 19.3 Å². The van der Waals surface area contributed by atoms with Gasteiger partial charge in [0.2, 0.25) is 0 Å². The van der Waals surface area contributed by atoms with Crippen molar-refractivity contribution in [2.75, 3.05) is 37.7 Å². The fraction of sp³-hybridized carbons (Fsp3) is 0.667. The molecule has 4 nitrogen and oxygen atoms in total. The van der Waals surface area contributed by atoms with Gasteiger partial charge in [-0.1, -0.05) is 32.9 Å². The number of rotatable bonds is 5. The monoisotopic (exact) mass is 306 g/mol. The van der Waals surface area contributed by atoms with E-state index in [9.17, 15) is 5.11 Å². The van der Waals surface area contributed by atoms with Gasteiger partial charge in [-0.3, -0.25) is 0 Å². The number of hydrogen-bond acceptors (Lipinski definition) is 4. The van der Waals surface area contributed by atoms with Crippen molar-refractivity contribution in [3.8, 4) is 0 Å². The van der Waals surface area contributed by atoms with Crippen LogP contribution in [0.5, 0.6) is 0 Å². The second kappa shape index (κ2) is 7.44. The summed E-state index contributed by atoms with van der Waals surface area (Å²) in [5.74, 6) is 0. The van der Waals surface area contributed by atoms with Crippen molar-refractivity contribution in [3.05, 3.63) is 29.8 Å². The molecule has 1 aromatic carbocycles. The molecule has 0 aliphatic carbocycles. The lowest BCUT2D eigenvalue weighted by molar-refractivity contribution is 0.0609. The van der Waals surface area contributed by atoms with Gasteiger partial charge in [0.25, 0.3) is 0 Å². The van der Waals surface area contributed by atoms with Gasteiger partial charge < -0.3 is 20.1 Å². The molecule has 124 valence electrons. The number of benzene rings is 1. The van der Waals surface area contributed by atoms with Gasteiger partial charge in [-0.05, 0) is 30.0 Å². The van der Waals surface area contributed by atoms with E-state index in [1.165, 1.54) is 11.3 Å². The average Bonchev–Trinajstić information content (AvgIpc) is 2.52. The lowest BCUT2D eigenvalue weighted by atomic mass is 9.89. The number of morpholine rings is 1. The van der Waals surface area contributed by atoms with Crippen LogP contribution in [-0.2, 0) is 4.74 Å². The smallest absolute Gasteiger partial charge is 0.0712 e. The first-order chi connectivity index (χ1) is 10.4. The second-order valence-corrected chi connectivity index (χ2v) is 7.20. The molecule has 1 fully saturated rings. The Kier molecular flexibility index (Phi) is 5.84. The van der Waals surface area contributed by atoms with Crippen LogP contribution >= 0.6 is 0 Å². The van der Waals surface area contributed by atoms with E-state index in [0.29, 0.717) is 6.54 Å². The summed E-state index contributed by atoms with van der Waals surface area (Å²) >= 11 is 0. The van der Waals surface area contributed by atoms with Crippen molar-refractivity contribution in [2.45, 2.75) is 39.8 Å². The minimum absolute atomic E-state index is 0.0904. The van der Waals surface area contributed by atoms with Crippen LogP contribution in [0, 0.1) is 5.41 Å². The van der Waals surface area contributed by atoms with Crippen molar-refractivity contribution >= 4 is 5.69 Å². The third-order valence-electron chi connectivity index (χ3n) is 4.39. The molecule has 2 N–H and O–H groups in total. The largest absolute Gasteiger partial charge is 0.391 e. The summed E-state index contributed by atoms with van der Waals surface area (Å²) < 4.78 is 5.39. The van der Waals surface area contributed by atoms with Gasteiger partial charge in [0.15, 0.2) is 0 Å². The maximum Gasteiger partial charge on any atom is 0.0712 e. The minimum atomic E-state index is -0.345. The summed E-state index contributed by atoms with van der Waals surface area (Å²) in [4.78, 5) is 2.36. The number of ether oxygens (including phenoxy) is 1. The van der Waals surface area contributed by atoms with Gasteiger partial charge in [-0.25, -0.2) is 0 Å². The molecular formula is C18H30N2O2. The summed E-state index contributed by atoms with van der Waals surface area (Å²) in [5.41, 5.74) is 2.42. The summed E-state index contributed by atoms with van der Waals surface area (Å²) in [7, 11) is 0. The zero-order valence-electron chi connectivity index (χ0n) is 14.3. The summed E-state index contributed by atoms with van der Waals surface area (Å²) in [6.45, 7) is 12.5. The molecule has 1 aliphatic rings. The van der Waals surface area contributed by atoms with E-state index >= 15 is 0 Å². The third kappa shape index (κ3) is 4.70. The number of aliphatic hydroxyl groups is 1. The highest BCUT2D eigenvalue weighted by Crippen LogP contribution is 2.22. The zero-order chi connectivity index (χ0) is 16.2. The van der Waals surface area contributed by atoms with E-state index in [1.54, 1.807) is 0 Å². The maximum absolute atomic E-state index is 10.1. The Hall–Kier alpha value is -1.10. The highest BCUT2D eigenvalue weighted by molar-refractivity contribution is 5.48. The molecule has 2 rings (SSSR count). The molecular weight excluding hydrogens is 276 g/mol. The predicted octanol–water partition coefficient (Wildman–Crippen LogP) is 2.58. The lowest BCUT2D eigenvalue weighted by Gasteiger charge is -2.29. The van der Waals surface area contributed by atoms with E-state index in [1.807, 2.05) is 0 Å². The zero-order valence-corrected chi connectivity index (χ0v) is 14.3. The number of anilines is 1. The number of hydrogen-bond donors (Lipinski definition) is 2. The van der Waals surface area contributed by atoms with Crippen LogP contribution < -0.4 is 10.2 Å². The highest BCUT2D eigenvalue weighted by atomic mass is 16.5. The molecule has 0 radical (unpaired) electrons. The van der Waals surface area contributed by atoms with Crippen LogP contribution in [0.2, 0.25) is 0 Å². The fourth-order valence-corrected chi connectivity index (χ4v) is 2.51. The molecule has 4 heteroatoms. The molecule has 1 saturated heterocycles. The van der Waals surface area contributed by atoms with Crippen LogP contribution in [0.3, 0.4) is 0 Å². The Morgan fingerprint density at radius 1 is 1.18 bits per heavy atom. The van der Waals surface area contributed by atoms with Gasteiger partial charge in [-0.15, -0.1) is 0 Å². The first-order valence-electron chi connectivity index (χ1n) is 8.22. The van der Waals surface area contributed by atoms with E-state index in [2.05, 4.69) is 62.2 Å². The van der Waals surface area contributed by atoms with Crippen molar-refractivity contribution in [2.24, 2.45) is 5.41 Å². The maximum atomic E-state index is 10.1. The van der Waals surface area contributed by atoms with Gasteiger partial charge >= 0.3 is 0 Å². The Bertz CT molecular complexity index is 447. The van der Waals surface area contributed by atoms with E-state index in [-0.39, 0.29) is 17.6 Å². The normalized spacial score (nSPS) is 19.0. The quantitative estimate of drug-likeness (QED) is 0.877. The summed E-state index contributed by atoms with van der Waals surface area (Å²) in [5, 5.41) is 13.5. The molecule has 0 saturated carbocycles. The average molecular weight is 306 g/mol. The van der Waals surface area contributed by atoms with Gasteiger partial charge in [0.1, 0.15) is 0 Å². The fourth-order valence-electron chi connectivity index (χ4n) is 2.51. The topological polar surface area (TPSA) is 44.7 Å². The van der Waals surface area contributed by atoms with Crippen LogP contribution in [0.15, 0.2) is 24.3 Å². The van der Waals surface area contributed by atoms with Gasteiger partial charge in [0, 0.05) is 31.4 Å². The highest BCUT2D eigenvalue weighted by Gasteiger charge is 2.22. The third-order valence-corrected chi connectivity index (χ3v) is 4.39. The first-order valence-corrected chi connectivity index (χ1v) is 8.22. The summed E-state index contributed by atoms with van der Waals surface area (Å²) in [6, 6.07) is 8.94. The van der Waals surface area contributed by atoms with Crippen molar-refractivity contribution < 1.29 is 9.84 Å². The van der Waals surface area contributed by atoms with Crippen LogP contribution in [-0.4, -0.2) is 44.1 Å². The van der Waals surface area contributed by atoms with Crippen molar-refractivity contribution in [3.63, 3.8) is 0 Å². The molecule has 2 unspecified atom stereocenters. The molecule has 22 heavy (non-hydrogen) atoms. The molecule has 1 aliphatic heterocycles. The lowest BCUT2D eigenvalue weighted by Crippen LogP contribution is -2.37. The van der Waals surface area contributed by atoms with E-state index in [4.69, 9.17) is 4.74 Å². The number of nitrogens with zero attached hydrogens (tertiary/aromatic N) is 1. The summed E-state index contributed by atoms with van der Waals surface area (Å²) in [6.07, 6.45) is -0.345. The SMILES string of the molecule is CC(NCC(O)C(C)(C)C)c1ccc(N2CCOCC2)cc1. The van der Waals surface area contributed by atoms with Gasteiger partial charge in [-0.2, -0.15) is 0 Å². The Labute approximate surface area is 134 Å². The standard InChI is InChI=1S/C18H30N2O2/c1-14(19-13-17(21)18(2,3)4)15-5-7-16(8-6-15)20-9-11-22-12-10-20/h5-8,14,17,19,21H,9-13H2,1-4H3. The van der Waals surface area contributed by atoms with E-state index in [0.717, 1.165) is 26.3 Å². The molecule has 2 atom stereocenters. The van der Waals surface area contributed by atoms with Crippen LogP contribution in [0.25, 0.3) is 0 Å². The molecule has 0 spiro atoms. The molecule has 0 amide bonds. The minimum Gasteiger partial charge on any atom is -0.391 e. The Morgan fingerprint density at radius 2 is 1.77 bits per heavy atom. The first kappa shape index (κ1) is 17.3. The number of aliphatic hydroxyl groups excluding tert-OH is 1. The Morgan fingerprint density at radius 3 is 2.32 bits per heavy atom. The van der Waals surface area contributed by atoms with Crippen LogP contribution in [0.4, 0.5) is 5.69 Å². The predicted molar refractivity (Wildman–Crippen MR) is 91.4 cm³/mol. The molecule has 1 aromatic rings. The Balaban J connectivity index is 1.89. The number of nitrogens with one attached hydrogen (secondary N) is 1. The van der Waals surface area contributed by atoms with Crippen molar-refractivity contribution in [1.82, 2.24) is 5.32 Å². The molecule has 1 heterocycles. The molecule has 0 bridgehead atoms. The van der Waals surface area contributed by atoms with Crippen LogP contribution in [0.1, 0.15) is 39.3 Å².